The molecular formula is C23H28Cl2N4O3S. The molecule has 0 spiro atoms. The van der Waals surface area contributed by atoms with Crippen LogP contribution in [0.3, 0.4) is 0 Å². The Kier molecular flexibility index (Phi) is 7.94. The first kappa shape index (κ1) is 24.4. The summed E-state index contributed by atoms with van der Waals surface area (Å²) in [4.78, 5) is 31.4. The van der Waals surface area contributed by atoms with Crippen LogP contribution < -0.4 is 11.1 Å². The number of carbonyl (C=O) groups excluding carboxylic acids is 2. The van der Waals surface area contributed by atoms with Crippen molar-refractivity contribution in [3.8, 4) is 0 Å². The third-order valence-electron chi connectivity index (χ3n) is 6.19. The summed E-state index contributed by atoms with van der Waals surface area (Å²) in [5.41, 5.74) is 6.40. The van der Waals surface area contributed by atoms with E-state index in [4.69, 9.17) is 33.7 Å². The molecule has 33 heavy (non-hydrogen) atoms. The van der Waals surface area contributed by atoms with Gasteiger partial charge in [-0.3, -0.25) is 14.5 Å². The van der Waals surface area contributed by atoms with Crippen LogP contribution in [-0.4, -0.2) is 66.5 Å². The number of amides is 2. The third-order valence-corrected chi connectivity index (χ3v) is 7.85. The van der Waals surface area contributed by atoms with E-state index in [9.17, 15) is 9.59 Å². The number of benzene rings is 1. The molecule has 3 N–H and O–H groups in total. The van der Waals surface area contributed by atoms with Crippen molar-refractivity contribution in [2.24, 2.45) is 5.73 Å². The lowest BCUT2D eigenvalue weighted by Crippen LogP contribution is -2.61. The van der Waals surface area contributed by atoms with Crippen LogP contribution in [0.5, 0.6) is 0 Å². The van der Waals surface area contributed by atoms with Gasteiger partial charge >= 0.3 is 0 Å². The van der Waals surface area contributed by atoms with E-state index in [1.165, 1.54) is 11.3 Å². The van der Waals surface area contributed by atoms with E-state index in [2.05, 4.69) is 10.2 Å². The first-order valence-corrected chi connectivity index (χ1v) is 12.6. The Morgan fingerprint density at radius 2 is 1.82 bits per heavy atom. The molecule has 0 bridgehead atoms. The van der Waals surface area contributed by atoms with E-state index in [0.717, 1.165) is 30.1 Å². The lowest BCUT2D eigenvalue weighted by molar-refractivity contribution is -0.142. The molecule has 10 heteroatoms. The van der Waals surface area contributed by atoms with Crippen molar-refractivity contribution >= 4 is 46.4 Å². The monoisotopic (exact) mass is 510 g/mol. The second-order valence-corrected chi connectivity index (χ2v) is 10.5. The second-order valence-electron chi connectivity index (χ2n) is 8.52. The molecule has 0 radical (unpaired) electrons. The van der Waals surface area contributed by atoms with Crippen molar-refractivity contribution in [3.63, 3.8) is 0 Å². The van der Waals surface area contributed by atoms with Crippen LogP contribution >= 0.6 is 34.5 Å². The average Bonchev–Trinajstić information content (AvgIpc) is 3.27. The van der Waals surface area contributed by atoms with Crippen LogP contribution in [-0.2, 0) is 22.6 Å². The van der Waals surface area contributed by atoms with Crippen LogP contribution in [0.4, 0.5) is 0 Å². The number of ether oxygens (including phenoxy) is 1. The van der Waals surface area contributed by atoms with Gasteiger partial charge in [-0.25, -0.2) is 0 Å². The molecule has 7 nitrogen and oxygen atoms in total. The van der Waals surface area contributed by atoms with E-state index in [1.807, 2.05) is 23.1 Å². The summed E-state index contributed by atoms with van der Waals surface area (Å²) in [6, 6.07) is 9.06. The van der Waals surface area contributed by atoms with E-state index < -0.39 is 5.54 Å². The molecule has 2 aliphatic rings. The van der Waals surface area contributed by atoms with Gasteiger partial charge in [-0.15, -0.1) is 11.3 Å². The molecular weight excluding hydrogens is 483 g/mol. The highest BCUT2D eigenvalue weighted by molar-refractivity contribution is 7.14. The Balaban J connectivity index is 1.25. The predicted octanol–water partition coefficient (Wildman–Crippen LogP) is 3.14. The van der Waals surface area contributed by atoms with Gasteiger partial charge in [-0.1, -0.05) is 29.3 Å². The Morgan fingerprint density at radius 3 is 2.52 bits per heavy atom. The number of nitrogens with two attached hydrogens (primary N) is 1. The fraction of sp³-hybridized carbons (Fsp3) is 0.478. The van der Waals surface area contributed by atoms with Gasteiger partial charge in [0.1, 0.15) is 0 Å². The molecule has 0 atom stereocenters. The minimum Gasteiger partial charge on any atom is -0.381 e. The molecule has 0 saturated carbocycles. The lowest BCUT2D eigenvalue weighted by Gasteiger charge is -2.40. The summed E-state index contributed by atoms with van der Waals surface area (Å²) in [6.07, 6.45) is 1.16. The minimum atomic E-state index is -0.785. The molecule has 1 aromatic heterocycles. The van der Waals surface area contributed by atoms with E-state index in [0.29, 0.717) is 60.6 Å². The average molecular weight is 511 g/mol. The summed E-state index contributed by atoms with van der Waals surface area (Å²) < 4.78 is 5.35. The SMILES string of the molecule is NC1(C(=O)N2CCN(Cc3ccc(C(=O)NCc4ccc(Cl)cc4Cl)s3)CC2)CCOCC1. The number of piperazine rings is 1. The molecule has 2 aromatic rings. The number of carbonyl (C=O) groups is 2. The maximum Gasteiger partial charge on any atom is 0.261 e. The van der Waals surface area contributed by atoms with Gasteiger partial charge in [-0.2, -0.15) is 0 Å². The molecule has 0 aliphatic carbocycles. The summed E-state index contributed by atoms with van der Waals surface area (Å²) in [5.74, 6) is -0.0845. The van der Waals surface area contributed by atoms with Gasteiger partial charge in [0.25, 0.3) is 5.91 Å². The maximum absolute atomic E-state index is 12.9. The predicted molar refractivity (Wildman–Crippen MR) is 131 cm³/mol. The quantitative estimate of drug-likeness (QED) is 0.623. The van der Waals surface area contributed by atoms with Crippen LogP contribution in [0.25, 0.3) is 0 Å². The van der Waals surface area contributed by atoms with Crippen molar-refractivity contribution in [2.75, 3.05) is 39.4 Å². The van der Waals surface area contributed by atoms with Crippen molar-refractivity contribution in [3.05, 3.63) is 55.7 Å². The molecule has 178 valence electrons. The van der Waals surface area contributed by atoms with Gasteiger partial charge in [0.2, 0.25) is 5.91 Å². The van der Waals surface area contributed by atoms with Gasteiger partial charge in [-0.05, 0) is 42.7 Å². The highest BCUT2D eigenvalue weighted by Crippen LogP contribution is 2.24. The zero-order valence-electron chi connectivity index (χ0n) is 18.3. The molecule has 2 aliphatic heterocycles. The van der Waals surface area contributed by atoms with Crippen LogP contribution in [0.1, 0.15) is 33.0 Å². The maximum atomic E-state index is 12.9. The van der Waals surface area contributed by atoms with Crippen molar-refractivity contribution in [1.29, 1.82) is 0 Å². The summed E-state index contributed by atoms with van der Waals surface area (Å²) in [6.45, 7) is 5.09. The standard InChI is InChI=1S/C23H28Cl2N4O3S/c24-17-2-1-16(19(25)13-17)14-27-21(30)20-4-3-18(33-20)15-28-7-9-29(10-8-28)22(31)23(26)5-11-32-12-6-23/h1-4,13H,5-12,14-15,26H2,(H,27,30). The normalized spacial score (nSPS) is 18.8. The molecule has 0 unspecified atom stereocenters. The highest BCUT2D eigenvalue weighted by atomic mass is 35.5. The number of halogens is 2. The van der Waals surface area contributed by atoms with Crippen LogP contribution in [0.2, 0.25) is 10.0 Å². The highest BCUT2D eigenvalue weighted by Gasteiger charge is 2.39. The fourth-order valence-electron chi connectivity index (χ4n) is 4.11. The molecule has 2 fully saturated rings. The summed E-state index contributed by atoms with van der Waals surface area (Å²) in [5, 5.41) is 4.01. The topological polar surface area (TPSA) is 87.9 Å². The molecule has 4 rings (SSSR count). The number of hydrogen-bond acceptors (Lipinski definition) is 6. The van der Waals surface area contributed by atoms with Gasteiger partial charge in [0, 0.05) is 67.4 Å². The van der Waals surface area contributed by atoms with Crippen molar-refractivity contribution < 1.29 is 14.3 Å². The first-order valence-electron chi connectivity index (χ1n) is 11.0. The molecule has 2 amide bonds. The van der Waals surface area contributed by atoms with Gasteiger partial charge in [0.15, 0.2) is 0 Å². The van der Waals surface area contributed by atoms with E-state index in [-0.39, 0.29) is 11.8 Å². The number of nitrogens with one attached hydrogen (secondary N) is 1. The Hall–Kier alpha value is -1.68. The number of nitrogens with zero attached hydrogens (tertiary/aromatic N) is 2. The Morgan fingerprint density at radius 1 is 1.09 bits per heavy atom. The molecule has 3 heterocycles. The largest absolute Gasteiger partial charge is 0.381 e. The zero-order chi connectivity index (χ0) is 23.4. The summed E-state index contributed by atoms with van der Waals surface area (Å²) in [7, 11) is 0. The van der Waals surface area contributed by atoms with Crippen molar-refractivity contribution in [2.45, 2.75) is 31.5 Å². The smallest absolute Gasteiger partial charge is 0.261 e. The third kappa shape index (κ3) is 6.07. The minimum absolute atomic E-state index is 0.0429. The Bertz CT molecular complexity index is 1000. The first-order chi connectivity index (χ1) is 15.8. The van der Waals surface area contributed by atoms with Gasteiger partial charge < -0.3 is 20.7 Å². The number of thiophene rings is 1. The van der Waals surface area contributed by atoms with Crippen LogP contribution in [0, 0.1) is 0 Å². The number of hydrogen-bond donors (Lipinski definition) is 2. The molecule has 1 aromatic carbocycles. The molecule has 2 saturated heterocycles. The summed E-state index contributed by atoms with van der Waals surface area (Å²) >= 11 is 13.6. The van der Waals surface area contributed by atoms with E-state index >= 15 is 0 Å². The second kappa shape index (κ2) is 10.7. The van der Waals surface area contributed by atoms with Crippen molar-refractivity contribution in [1.82, 2.24) is 15.1 Å². The van der Waals surface area contributed by atoms with Gasteiger partial charge in [0.05, 0.1) is 10.4 Å². The van der Waals surface area contributed by atoms with Crippen LogP contribution in [0.15, 0.2) is 30.3 Å². The lowest BCUT2D eigenvalue weighted by atomic mass is 9.89. The Labute approximate surface area is 207 Å². The zero-order valence-corrected chi connectivity index (χ0v) is 20.6. The fourth-order valence-corrected chi connectivity index (χ4v) is 5.55. The van der Waals surface area contributed by atoms with E-state index in [1.54, 1.807) is 12.1 Å². The number of rotatable bonds is 6.